The van der Waals surface area contributed by atoms with E-state index in [-0.39, 0.29) is 47.0 Å². The Bertz CT molecular complexity index is 1030. The molecule has 0 aliphatic carbocycles. The molecule has 5 nitrogen and oxygen atoms in total. The van der Waals surface area contributed by atoms with E-state index in [4.69, 9.17) is 4.74 Å². The average Bonchev–Trinajstić information content (AvgIpc) is 2.73. The van der Waals surface area contributed by atoms with Gasteiger partial charge >= 0.3 is 6.18 Å². The van der Waals surface area contributed by atoms with Crippen molar-refractivity contribution in [2.45, 2.75) is 24.7 Å². The molecular weight excluding hydrogens is 402 g/mol. The van der Waals surface area contributed by atoms with Crippen LogP contribution in [0, 0.1) is 17.1 Å². The monoisotopic (exact) mass is 419 g/mol. The van der Waals surface area contributed by atoms with E-state index in [9.17, 15) is 23.2 Å². The molecule has 2 aliphatic heterocycles. The molecule has 0 radical (unpaired) electrons. The van der Waals surface area contributed by atoms with Gasteiger partial charge in [-0.1, -0.05) is 12.1 Å². The first-order valence-corrected chi connectivity index (χ1v) is 9.35. The molecule has 1 amide bonds. The van der Waals surface area contributed by atoms with E-state index < -0.39 is 17.6 Å². The van der Waals surface area contributed by atoms with Gasteiger partial charge in [-0.15, -0.1) is 0 Å². The van der Waals surface area contributed by atoms with Crippen LogP contribution in [0.4, 0.5) is 23.2 Å². The molecule has 0 bridgehead atoms. The molecule has 2 heterocycles. The van der Waals surface area contributed by atoms with Crippen LogP contribution in [0.5, 0.6) is 0 Å². The van der Waals surface area contributed by atoms with Gasteiger partial charge in [-0.25, -0.2) is 4.39 Å². The number of benzene rings is 2. The Morgan fingerprint density at radius 3 is 2.77 bits per heavy atom. The normalized spacial score (nSPS) is 21.8. The second-order valence-electron chi connectivity index (χ2n) is 7.21. The van der Waals surface area contributed by atoms with Gasteiger partial charge in [0.25, 0.3) is 5.91 Å². The number of nitrogens with one attached hydrogen (secondary N) is 1. The minimum Gasteiger partial charge on any atom is -0.365 e. The molecule has 2 aromatic carbocycles. The van der Waals surface area contributed by atoms with Crippen LogP contribution in [-0.4, -0.2) is 37.7 Å². The van der Waals surface area contributed by atoms with E-state index in [0.29, 0.717) is 19.5 Å². The van der Waals surface area contributed by atoms with E-state index in [1.165, 1.54) is 23.1 Å². The zero-order chi connectivity index (χ0) is 21.5. The molecule has 0 saturated carbocycles. The highest BCUT2D eigenvalue weighted by molar-refractivity contribution is 5.97. The number of piperidine rings is 1. The summed E-state index contributed by atoms with van der Waals surface area (Å²) in [6.45, 7) is 0.979. The minimum atomic E-state index is -4.57. The summed E-state index contributed by atoms with van der Waals surface area (Å²) in [5, 5.41) is 12.8. The molecule has 2 aliphatic rings. The highest BCUT2D eigenvalue weighted by Crippen LogP contribution is 2.36. The number of morpholine rings is 1. The Balaban J connectivity index is 1.78. The number of carbonyl (C=O) groups excluding carboxylic acids is 1. The zero-order valence-electron chi connectivity index (χ0n) is 15.7. The van der Waals surface area contributed by atoms with E-state index in [1.54, 1.807) is 0 Å². The van der Waals surface area contributed by atoms with Gasteiger partial charge in [0.15, 0.2) is 0 Å². The van der Waals surface area contributed by atoms with Crippen LogP contribution < -0.4 is 10.2 Å². The smallest absolute Gasteiger partial charge is 0.365 e. The Hall–Kier alpha value is -2.96. The molecule has 0 spiro atoms. The molecule has 2 atom stereocenters. The summed E-state index contributed by atoms with van der Waals surface area (Å²) in [7, 11) is 0. The van der Waals surface area contributed by atoms with Crippen molar-refractivity contribution in [2.75, 3.05) is 24.6 Å². The van der Waals surface area contributed by atoms with Crippen LogP contribution >= 0.6 is 0 Å². The molecule has 2 fully saturated rings. The lowest BCUT2D eigenvalue weighted by molar-refractivity contribution is -0.137. The summed E-state index contributed by atoms with van der Waals surface area (Å²) in [5.41, 5.74) is -0.933. The molecule has 2 aromatic rings. The van der Waals surface area contributed by atoms with Crippen molar-refractivity contribution in [1.82, 2.24) is 5.32 Å². The maximum atomic E-state index is 15.0. The highest BCUT2D eigenvalue weighted by Gasteiger charge is 2.40. The lowest BCUT2D eigenvalue weighted by atomic mass is 9.95. The first-order valence-electron chi connectivity index (χ1n) is 9.35. The number of anilines is 1. The first kappa shape index (κ1) is 20.3. The maximum Gasteiger partial charge on any atom is 0.416 e. The summed E-state index contributed by atoms with van der Waals surface area (Å²) in [6, 6.07) is 8.11. The summed E-state index contributed by atoms with van der Waals surface area (Å²) in [4.78, 5) is 14.0. The van der Waals surface area contributed by atoms with Gasteiger partial charge in [-0.3, -0.25) is 4.79 Å². The SMILES string of the molecule is N#Cc1cc(-c2cccc(C(F)(F)F)c2)c(F)cc1N1C(=O)CO[C@@H]2CNCC[C@H]21. The van der Waals surface area contributed by atoms with Crippen molar-refractivity contribution in [2.24, 2.45) is 0 Å². The van der Waals surface area contributed by atoms with Crippen molar-refractivity contribution in [1.29, 1.82) is 5.26 Å². The van der Waals surface area contributed by atoms with Crippen LogP contribution in [0.1, 0.15) is 17.5 Å². The van der Waals surface area contributed by atoms with Crippen LogP contribution in [0.3, 0.4) is 0 Å². The predicted octanol–water partition coefficient (Wildman–Crippen LogP) is 3.48. The number of carbonyl (C=O) groups is 1. The first-order chi connectivity index (χ1) is 14.3. The van der Waals surface area contributed by atoms with E-state index in [1.807, 2.05) is 6.07 Å². The Morgan fingerprint density at radius 1 is 1.23 bits per heavy atom. The molecule has 0 unspecified atom stereocenters. The minimum absolute atomic E-state index is 0.00146. The predicted molar refractivity (Wildman–Crippen MR) is 100 cm³/mol. The second-order valence-corrected chi connectivity index (χ2v) is 7.21. The number of hydrogen-bond donors (Lipinski definition) is 1. The molecule has 1 N–H and O–H groups in total. The van der Waals surface area contributed by atoms with Crippen LogP contribution in [-0.2, 0) is 15.7 Å². The lowest BCUT2D eigenvalue weighted by Crippen LogP contribution is -2.61. The second kappa shape index (κ2) is 7.70. The van der Waals surface area contributed by atoms with Crippen LogP contribution in [0.15, 0.2) is 36.4 Å². The van der Waals surface area contributed by atoms with Gasteiger partial charge in [0, 0.05) is 12.1 Å². The third kappa shape index (κ3) is 3.64. The topological polar surface area (TPSA) is 65.4 Å². The van der Waals surface area contributed by atoms with Gasteiger partial charge in [0.1, 0.15) is 18.5 Å². The van der Waals surface area contributed by atoms with Gasteiger partial charge in [0.05, 0.1) is 29.0 Å². The summed E-state index contributed by atoms with van der Waals surface area (Å²) >= 11 is 0. The molecule has 30 heavy (non-hydrogen) atoms. The highest BCUT2D eigenvalue weighted by atomic mass is 19.4. The van der Waals surface area contributed by atoms with Crippen LogP contribution in [0.25, 0.3) is 11.1 Å². The Kier molecular flexibility index (Phi) is 5.22. The summed E-state index contributed by atoms with van der Waals surface area (Å²) in [6.07, 6.45) is -4.29. The Labute approximate surface area is 169 Å². The third-order valence-electron chi connectivity index (χ3n) is 5.38. The van der Waals surface area contributed by atoms with Gasteiger partial charge in [-0.2, -0.15) is 18.4 Å². The molecule has 0 aromatic heterocycles. The summed E-state index contributed by atoms with van der Waals surface area (Å²) in [5.74, 6) is -1.20. The fourth-order valence-corrected chi connectivity index (χ4v) is 3.96. The van der Waals surface area contributed by atoms with E-state index >= 15 is 4.39 Å². The fraction of sp³-hybridized carbons (Fsp3) is 0.333. The lowest BCUT2D eigenvalue weighted by Gasteiger charge is -2.43. The van der Waals surface area contributed by atoms with E-state index in [2.05, 4.69) is 5.32 Å². The zero-order valence-corrected chi connectivity index (χ0v) is 15.7. The number of ether oxygens (including phenoxy) is 1. The van der Waals surface area contributed by atoms with Crippen molar-refractivity contribution < 1.29 is 27.1 Å². The quantitative estimate of drug-likeness (QED) is 0.757. The van der Waals surface area contributed by atoms with E-state index in [0.717, 1.165) is 18.2 Å². The molecule has 2 saturated heterocycles. The van der Waals surface area contributed by atoms with Crippen molar-refractivity contribution in [3.05, 3.63) is 53.3 Å². The largest absolute Gasteiger partial charge is 0.416 e. The standard InChI is InChI=1S/C21H17F4N3O2/c22-16-8-18(28-17-4-5-27-10-19(17)30-11-20(28)29)13(9-26)7-15(16)12-2-1-3-14(6-12)21(23,24)25/h1-3,6-8,17,19,27H,4-5,10-11H2/t17-,19-/m1/s1. The fourth-order valence-electron chi connectivity index (χ4n) is 3.96. The van der Waals surface area contributed by atoms with Gasteiger partial charge < -0.3 is 15.0 Å². The number of fused-ring (bicyclic) bond motifs is 1. The van der Waals surface area contributed by atoms with Crippen molar-refractivity contribution in [3.8, 4) is 17.2 Å². The summed E-state index contributed by atoms with van der Waals surface area (Å²) < 4.78 is 59.7. The number of nitriles is 1. The third-order valence-corrected chi connectivity index (χ3v) is 5.38. The maximum absolute atomic E-state index is 15.0. The number of hydrogen-bond acceptors (Lipinski definition) is 4. The molecule has 156 valence electrons. The number of nitrogens with zero attached hydrogens (tertiary/aromatic N) is 2. The van der Waals surface area contributed by atoms with Crippen molar-refractivity contribution >= 4 is 11.6 Å². The number of alkyl halides is 3. The molecular formula is C21H17F4N3O2. The average molecular weight is 419 g/mol. The van der Waals surface area contributed by atoms with Gasteiger partial charge in [0.2, 0.25) is 0 Å². The van der Waals surface area contributed by atoms with Crippen molar-refractivity contribution in [3.63, 3.8) is 0 Å². The number of amides is 1. The number of halogens is 4. The Morgan fingerprint density at radius 2 is 2.03 bits per heavy atom. The molecule has 9 heteroatoms. The number of rotatable bonds is 2. The van der Waals surface area contributed by atoms with Crippen LogP contribution in [0.2, 0.25) is 0 Å². The van der Waals surface area contributed by atoms with Gasteiger partial charge in [-0.05, 0) is 42.8 Å². The molecule has 4 rings (SSSR count).